The van der Waals surface area contributed by atoms with Gasteiger partial charge in [-0.05, 0) is 57.0 Å². The molecular formula is C20H23FN4. The van der Waals surface area contributed by atoms with Crippen molar-refractivity contribution < 1.29 is 4.39 Å². The average Bonchev–Trinajstić information content (AvgIpc) is 2.65. The second kappa shape index (κ2) is 6.92. The van der Waals surface area contributed by atoms with E-state index in [9.17, 15) is 4.39 Å². The van der Waals surface area contributed by atoms with Gasteiger partial charge in [-0.3, -0.25) is 9.98 Å². The van der Waals surface area contributed by atoms with Crippen LogP contribution in [0.4, 0.5) is 4.39 Å². The predicted octanol–water partition coefficient (Wildman–Crippen LogP) is 3.13. The van der Waals surface area contributed by atoms with E-state index in [1.807, 2.05) is 12.4 Å². The van der Waals surface area contributed by atoms with Gasteiger partial charge in [-0.1, -0.05) is 6.08 Å². The van der Waals surface area contributed by atoms with E-state index in [-0.39, 0.29) is 11.7 Å². The van der Waals surface area contributed by atoms with Gasteiger partial charge in [-0.2, -0.15) is 0 Å². The molecule has 2 N–H and O–H groups in total. The van der Waals surface area contributed by atoms with Crippen LogP contribution in [0.5, 0.6) is 0 Å². The Morgan fingerprint density at radius 1 is 1.28 bits per heavy atom. The van der Waals surface area contributed by atoms with Crippen LogP contribution in [0.2, 0.25) is 0 Å². The van der Waals surface area contributed by atoms with Gasteiger partial charge in [0.1, 0.15) is 5.82 Å². The van der Waals surface area contributed by atoms with Crippen molar-refractivity contribution in [2.75, 3.05) is 13.1 Å². The maximum Gasteiger partial charge on any atom is 0.145 e. The summed E-state index contributed by atoms with van der Waals surface area (Å²) in [6.07, 6.45) is 13.1. The number of allylic oxidation sites excluding steroid dienone is 4. The summed E-state index contributed by atoms with van der Waals surface area (Å²) >= 11 is 0. The summed E-state index contributed by atoms with van der Waals surface area (Å²) in [4.78, 5) is 8.53. The number of halogens is 1. The quantitative estimate of drug-likeness (QED) is 0.890. The lowest BCUT2D eigenvalue weighted by Gasteiger charge is -2.31. The highest BCUT2D eigenvalue weighted by molar-refractivity contribution is 5.79. The molecule has 130 valence electrons. The van der Waals surface area contributed by atoms with Gasteiger partial charge in [0.2, 0.25) is 0 Å². The maximum atomic E-state index is 14.0. The molecule has 0 spiro atoms. The summed E-state index contributed by atoms with van der Waals surface area (Å²) in [7, 11) is 0. The molecule has 1 aromatic rings. The molecule has 0 amide bonds. The van der Waals surface area contributed by atoms with Gasteiger partial charge in [-0.15, -0.1) is 0 Å². The summed E-state index contributed by atoms with van der Waals surface area (Å²) in [6, 6.07) is 2.05. The minimum atomic E-state index is -0.258. The summed E-state index contributed by atoms with van der Waals surface area (Å²) in [5, 5.41) is 7.10. The third-order valence-electron chi connectivity index (χ3n) is 5.13. The van der Waals surface area contributed by atoms with Crippen molar-refractivity contribution in [3.63, 3.8) is 0 Å². The Bertz CT molecular complexity index is 785. The smallest absolute Gasteiger partial charge is 0.145 e. The first kappa shape index (κ1) is 16.2. The molecule has 3 heterocycles. The van der Waals surface area contributed by atoms with E-state index in [2.05, 4.69) is 32.8 Å². The summed E-state index contributed by atoms with van der Waals surface area (Å²) < 4.78 is 14.0. The SMILES string of the molecule is Cc1ncc(C2=CC3CC=NC=C3C(NC3CCNCC3)=C2)cc1F. The van der Waals surface area contributed by atoms with Crippen LogP contribution in [-0.4, -0.2) is 30.3 Å². The molecule has 5 heteroatoms. The maximum absolute atomic E-state index is 14.0. The average molecular weight is 338 g/mol. The topological polar surface area (TPSA) is 49.3 Å². The van der Waals surface area contributed by atoms with E-state index < -0.39 is 0 Å². The Morgan fingerprint density at radius 3 is 2.92 bits per heavy atom. The second-order valence-corrected chi connectivity index (χ2v) is 6.90. The molecule has 1 fully saturated rings. The zero-order chi connectivity index (χ0) is 17.2. The summed E-state index contributed by atoms with van der Waals surface area (Å²) in [5.74, 6) is 0.0253. The number of pyridine rings is 1. The minimum Gasteiger partial charge on any atom is -0.382 e. The number of fused-ring (bicyclic) bond motifs is 1. The monoisotopic (exact) mass is 338 g/mol. The molecule has 1 saturated heterocycles. The van der Waals surface area contributed by atoms with E-state index in [1.165, 1.54) is 5.57 Å². The van der Waals surface area contributed by atoms with E-state index in [1.54, 1.807) is 19.2 Å². The Morgan fingerprint density at radius 2 is 2.12 bits per heavy atom. The van der Waals surface area contributed by atoms with Crippen LogP contribution in [0, 0.1) is 18.7 Å². The minimum absolute atomic E-state index is 0.258. The van der Waals surface area contributed by atoms with Crippen LogP contribution in [0.3, 0.4) is 0 Å². The Labute approximate surface area is 147 Å². The highest BCUT2D eigenvalue weighted by atomic mass is 19.1. The number of nitrogens with one attached hydrogen (secondary N) is 2. The third-order valence-corrected chi connectivity index (χ3v) is 5.13. The number of hydrogen-bond donors (Lipinski definition) is 2. The molecule has 3 aliphatic rings. The van der Waals surface area contributed by atoms with E-state index in [0.29, 0.717) is 11.7 Å². The lowest BCUT2D eigenvalue weighted by atomic mass is 9.84. The molecule has 4 nitrogen and oxygen atoms in total. The van der Waals surface area contributed by atoms with E-state index in [0.717, 1.165) is 49.2 Å². The number of piperidine rings is 1. The van der Waals surface area contributed by atoms with Crippen LogP contribution < -0.4 is 10.6 Å². The van der Waals surface area contributed by atoms with Gasteiger partial charge in [0.15, 0.2) is 0 Å². The normalized spacial score (nSPS) is 23.4. The van der Waals surface area contributed by atoms with Crippen molar-refractivity contribution >= 4 is 11.8 Å². The van der Waals surface area contributed by atoms with Gasteiger partial charge in [-0.25, -0.2) is 4.39 Å². The van der Waals surface area contributed by atoms with Crippen molar-refractivity contribution in [3.05, 3.63) is 59.0 Å². The molecule has 0 aromatic carbocycles. The Kier molecular flexibility index (Phi) is 4.49. The van der Waals surface area contributed by atoms with Crippen molar-refractivity contribution in [2.24, 2.45) is 10.9 Å². The van der Waals surface area contributed by atoms with Crippen molar-refractivity contribution in [1.82, 2.24) is 15.6 Å². The van der Waals surface area contributed by atoms with Crippen LogP contribution in [0.25, 0.3) is 5.57 Å². The number of aliphatic imine (C=N–C) groups is 1. The molecule has 1 atom stereocenters. The molecule has 0 bridgehead atoms. The molecule has 0 saturated carbocycles. The number of hydrogen-bond acceptors (Lipinski definition) is 4. The third kappa shape index (κ3) is 3.42. The molecule has 2 aliphatic heterocycles. The first-order valence-electron chi connectivity index (χ1n) is 8.96. The van der Waals surface area contributed by atoms with Crippen molar-refractivity contribution in [1.29, 1.82) is 0 Å². The molecule has 0 radical (unpaired) electrons. The number of aryl methyl sites for hydroxylation is 1. The fraction of sp³-hybridized carbons (Fsp3) is 0.400. The van der Waals surface area contributed by atoms with Gasteiger partial charge < -0.3 is 10.6 Å². The Balaban J connectivity index is 1.67. The van der Waals surface area contributed by atoms with Crippen molar-refractivity contribution in [2.45, 2.75) is 32.2 Å². The first-order valence-corrected chi connectivity index (χ1v) is 8.96. The highest BCUT2D eigenvalue weighted by Crippen LogP contribution is 2.35. The number of aromatic nitrogens is 1. The van der Waals surface area contributed by atoms with Crippen LogP contribution in [-0.2, 0) is 0 Å². The largest absolute Gasteiger partial charge is 0.382 e. The molecule has 1 aromatic heterocycles. The summed E-state index contributed by atoms with van der Waals surface area (Å²) in [6.45, 7) is 3.77. The zero-order valence-electron chi connectivity index (χ0n) is 14.4. The first-order chi connectivity index (χ1) is 12.2. The van der Waals surface area contributed by atoms with Gasteiger partial charge in [0.25, 0.3) is 0 Å². The van der Waals surface area contributed by atoms with Crippen LogP contribution in [0.15, 0.2) is 46.9 Å². The summed E-state index contributed by atoms with van der Waals surface area (Å²) in [5.41, 5.74) is 4.63. The lowest BCUT2D eigenvalue weighted by molar-refractivity contribution is 0.411. The van der Waals surface area contributed by atoms with E-state index >= 15 is 0 Å². The van der Waals surface area contributed by atoms with Crippen molar-refractivity contribution in [3.8, 4) is 0 Å². The van der Waals surface area contributed by atoms with Gasteiger partial charge in [0.05, 0.1) is 5.69 Å². The molecule has 4 rings (SSSR count). The van der Waals surface area contributed by atoms with Crippen LogP contribution >= 0.6 is 0 Å². The lowest BCUT2D eigenvalue weighted by Crippen LogP contribution is -2.40. The number of rotatable bonds is 3. The fourth-order valence-electron chi connectivity index (χ4n) is 3.62. The van der Waals surface area contributed by atoms with Gasteiger partial charge >= 0.3 is 0 Å². The molecule has 1 aliphatic carbocycles. The number of nitrogens with zero attached hydrogens (tertiary/aromatic N) is 2. The van der Waals surface area contributed by atoms with Crippen LogP contribution in [0.1, 0.15) is 30.5 Å². The molecular weight excluding hydrogens is 315 g/mol. The fourth-order valence-corrected chi connectivity index (χ4v) is 3.62. The standard InChI is InChI=1S/C20H23FN4/c1-13-19(21)9-16(11-24-13)15-8-14-2-5-23-12-18(14)20(10-15)25-17-3-6-22-7-4-17/h5,8-12,14,17,22,25H,2-4,6-7H2,1H3. The van der Waals surface area contributed by atoms with E-state index in [4.69, 9.17) is 0 Å². The highest BCUT2D eigenvalue weighted by Gasteiger charge is 2.25. The predicted molar refractivity (Wildman–Crippen MR) is 98.7 cm³/mol. The molecule has 1 unspecified atom stereocenters. The Hall–Kier alpha value is -2.27. The zero-order valence-corrected chi connectivity index (χ0v) is 14.4. The molecule has 25 heavy (non-hydrogen) atoms. The van der Waals surface area contributed by atoms with Gasteiger partial charge in [0, 0.05) is 47.4 Å². The second-order valence-electron chi connectivity index (χ2n) is 6.90.